The molecule has 3 aromatic rings. The van der Waals surface area contributed by atoms with Crippen molar-refractivity contribution in [3.05, 3.63) is 36.3 Å². The van der Waals surface area contributed by atoms with Gasteiger partial charge in [0.15, 0.2) is 0 Å². The summed E-state index contributed by atoms with van der Waals surface area (Å²) in [7, 11) is 2.00. The zero-order valence-corrected chi connectivity index (χ0v) is 10.4. The zero-order valence-electron chi connectivity index (χ0n) is 9.68. The van der Waals surface area contributed by atoms with E-state index in [1.165, 1.54) is 0 Å². The van der Waals surface area contributed by atoms with Crippen LogP contribution in [0.15, 0.2) is 30.5 Å². The Morgan fingerprint density at radius 2 is 2.00 bits per heavy atom. The molecular formula is C13H12ClN3. The number of para-hydroxylation sites is 1. The molecule has 0 saturated heterocycles. The quantitative estimate of drug-likeness (QED) is 0.615. The van der Waals surface area contributed by atoms with Gasteiger partial charge in [0, 0.05) is 12.4 Å². The molecular weight excluding hydrogens is 234 g/mol. The highest BCUT2D eigenvalue weighted by Crippen LogP contribution is 2.27. The number of pyridine rings is 1. The third-order valence-corrected chi connectivity index (χ3v) is 3.19. The third kappa shape index (κ3) is 1.50. The molecule has 3 nitrogen and oxygen atoms in total. The Hall–Kier alpha value is -1.61. The minimum absolute atomic E-state index is 0.105. The maximum Gasteiger partial charge on any atom is 0.127 e. The van der Waals surface area contributed by atoms with Gasteiger partial charge in [-0.15, -0.1) is 11.6 Å². The molecule has 0 spiro atoms. The molecule has 0 fully saturated rings. The molecule has 0 amide bonds. The summed E-state index contributed by atoms with van der Waals surface area (Å²) in [6.07, 6.45) is 1.81. The molecule has 0 aliphatic rings. The lowest BCUT2D eigenvalue weighted by molar-refractivity contribution is 0.813. The number of alkyl halides is 1. The largest absolute Gasteiger partial charge is 0.329 e. The van der Waals surface area contributed by atoms with Gasteiger partial charge >= 0.3 is 0 Å². The first-order chi connectivity index (χ1) is 8.18. The number of benzene rings is 1. The zero-order chi connectivity index (χ0) is 12.0. The number of rotatable bonds is 1. The van der Waals surface area contributed by atoms with Crippen molar-refractivity contribution >= 4 is 33.5 Å². The van der Waals surface area contributed by atoms with Crippen LogP contribution in [0.25, 0.3) is 21.9 Å². The fourth-order valence-corrected chi connectivity index (χ4v) is 2.41. The van der Waals surface area contributed by atoms with E-state index < -0.39 is 0 Å². The standard InChI is InChI=1S/C13H12ClN3/c1-8(14)13-16-11-7-15-10-6-4-3-5-9(10)12(11)17(13)2/h3-8H,1-2H3. The number of imidazole rings is 1. The molecule has 4 heteroatoms. The van der Waals surface area contributed by atoms with Gasteiger partial charge in [0.2, 0.25) is 0 Å². The maximum atomic E-state index is 6.13. The van der Waals surface area contributed by atoms with Gasteiger partial charge in [-0.1, -0.05) is 18.2 Å². The average Bonchev–Trinajstić information content (AvgIpc) is 2.67. The summed E-state index contributed by atoms with van der Waals surface area (Å²) in [5.74, 6) is 0.875. The van der Waals surface area contributed by atoms with Gasteiger partial charge in [-0.3, -0.25) is 4.98 Å². The lowest BCUT2D eigenvalue weighted by Crippen LogP contribution is -1.98. The Kier molecular flexibility index (Phi) is 2.30. The van der Waals surface area contributed by atoms with Crippen LogP contribution in [0.5, 0.6) is 0 Å². The first kappa shape index (κ1) is 10.5. The molecule has 1 unspecified atom stereocenters. The molecule has 0 bridgehead atoms. The van der Waals surface area contributed by atoms with Gasteiger partial charge in [-0.05, 0) is 13.0 Å². The Balaban J connectivity index is 2.49. The van der Waals surface area contributed by atoms with Crippen LogP contribution in [-0.2, 0) is 7.05 Å². The molecule has 1 atom stereocenters. The van der Waals surface area contributed by atoms with Crippen molar-refractivity contribution in [1.29, 1.82) is 0 Å². The maximum absolute atomic E-state index is 6.13. The second-order valence-corrected chi connectivity index (χ2v) is 4.81. The minimum Gasteiger partial charge on any atom is -0.329 e. The molecule has 3 rings (SSSR count). The fourth-order valence-electron chi connectivity index (χ4n) is 2.22. The summed E-state index contributed by atoms with van der Waals surface area (Å²) in [5, 5.41) is 1.01. The van der Waals surface area contributed by atoms with Crippen LogP contribution in [0, 0.1) is 0 Å². The summed E-state index contributed by atoms with van der Waals surface area (Å²) < 4.78 is 2.05. The molecule has 0 saturated carbocycles. The summed E-state index contributed by atoms with van der Waals surface area (Å²) >= 11 is 6.13. The van der Waals surface area contributed by atoms with Crippen molar-refractivity contribution in [2.24, 2.45) is 7.05 Å². The first-order valence-corrected chi connectivity index (χ1v) is 5.96. The number of aryl methyl sites for hydroxylation is 1. The lowest BCUT2D eigenvalue weighted by atomic mass is 10.2. The third-order valence-electron chi connectivity index (χ3n) is 3.00. The van der Waals surface area contributed by atoms with Crippen LogP contribution < -0.4 is 0 Å². The molecule has 2 heterocycles. The van der Waals surface area contributed by atoms with Crippen molar-refractivity contribution in [2.45, 2.75) is 12.3 Å². The highest BCUT2D eigenvalue weighted by molar-refractivity contribution is 6.20. The van der Waals surface area contributed by atoms with E-state index in [1.54, 1.807) is 6.20 Å². The Morgan fingerprint density at radius 1 is 1.24 bits per heavy atom. The Labute approximate surface area is 104 Å². The first-order valence-electron chi connectivity index (χ1n) is 5.52. The van der Waals surface area contributed by atoms with Crippen LogP contribution in [0.1, 0.15) is 18.1 Å². The van der Waals surface area contributed by atoms with E-state index in [4.69, 9.17) is 11.6 Å². The SMILES string of the molecule is CC(Cl)c1nc2cnc3ccccc3c2n1C. The Morgan fingerprint density at radius 3 is 2.76 bits per heavy atom. The smallest absolute Gasteiger partial charge is 0.127 e. The fraction of sp³-hybridized carbons (Fsp3) is 0.231. The van der Waals surface area contributed by atoms with Gasteiger partial charge in [0.1, 0.15) is 11.3 Å². The highest BCUT2D eigenvalue weighted by Gasteiger charge is 2.14. The number of nitrogens with zero attached hydrogens (tertiary/aromatic N) is 3. The molecule has 17 heavy (non-hydrogen) atoms. The van der Waals surface area contributed by atoms with E-state index in [0.717, 1.165) is 27.8 Å². The van der Waals surface area contributed by atoms with Gasteiger partial charge in [-0.2, -0.15) is 0 Å². The number of aromatic nitrogens is 3. The number of hydrogen-bond donors (Lipinski definition) is 0. The van der Waals surface area contributed by atoms with Crippen LogP contribution in [0.4, 0.5) is 0 Å². The van der Waals surface area contributed by atoms with Crippen LogP contribution in [-0.4, -0.2) is 14.5 Å². The number of fused-ring (bicyclic) bond motifs is 3. The van der Waals surface area contributed by atoms with Crippen molar-refractivity contribution in [3.8, 4) is 0 Å². The minimum atomic E-state index is -0.105. The second kappa shape index (κ2) is 3.70. The summed E-state index contributed by atoms with van der Waals surface area (Å²) in [4.78, 5) is 8.93. The van der Waals surface area contributed by atoms with E-state index >= 15 is 0 Å². The van der Waals surface area contributed by atoms with E-state index in [-0.39, 0.29) is 5.38 Å². The topological polar surface area (TPSA) is 30.7 Å². The predicted molar refractivity (Wildman–Crippen MR) is 70.3 cm³/mol. The molecule has 0 N–H and O–H groups in total. The molecule has 0 radical (unpaired) electrons. The molecule has 86 valence electrons. The van der Waals surface area contributed by atoms with Gasteiger partial charge < -0.3 is 4.57 Å². The molecule has 0 aliphatic heterocycles. The number of halogens is 1. The normalized spacial score (nSPS) is 13.4. The molecule has 2 aromatic heterocycles. The summed E-state index contributed by atoms with van der Waals surface area (Å²) in [6, 6.07) is 8.07. The molecule has 1 aromatic carbocycles. The van der Waals surface area contributed by atoms with E-state index in [1.807, 2.05) is 32.2 Å². The summed E-state index contributed by atoms with van der Waals surface area (Å²) in [5.41, 5.74) is 2.98. The number of hydrogen-bond acceptors (Lipinski definition) is 2. The van der Waals surface area contributed by atoms with E-state index in [0.29, 0.717) is 0 Å². The van der Waals surface area contributed by atoms with Crippen LogP contribution in [0.3, 0.4) is 0 Å². The summed E-state index contributed by atoms with van der Waals surface area (Å²) in [6.45, 7) is 1.93. The highest BCUT2D eigenvalue weighted by atomic mass is 35.5. The van der Waals surface area contributed by atoms with Crippen LogP contribution in [0.2, 0.25) is 0 Å². The van der Waals surface area contributed by atoms with Crippen molar-refractivity contribution in [3.63, 3.8) is 0 Å². The van der Waals surface area contributed by atoms with Gasteiger partial charge in [-0.25, -0.2) is 4.98 Å². The van der Waals surface area contributed by atoms with Gasteiger partial charge in [0.05, 0.1) is 22.6 Å². The van der Waals surface area contributed by atoms with E-state index in [9.17, 15) is 0 Å². The lowest BCUT2D eigenvalue weighted by Gasteiger charge is -2.04. The van der Waals surface area contributed by atoms with Crippen molar-refractivity contribution < 1.29 is 0 Å². The van der Waals surface area contributed by atoms with Crippen molar-refractivity contribution in [2.75, 3.05) is 0 Å². The molecule has 0 aliphatic carbocycles. The average molecular weight is 246 g/mol. The van der Waals surface area contributed by atoms with Gasteiger partial charge in [0.25, 0.3) is 0 Å². The Bertz CT molecular complexity index is 700. The van der Waals surface area contributed by atoms with Crippen LogP contribution >= 0.6 is 11.6 Å². The second-order valence-electron chi connectivity index (χ2n) is 4.15. The van der Waals surface area contributed by atoms with Crippen molar-refractivity contribution in [1.82, 2.24) is 14.5 Å². The monoisotopic (exact) mass is 245 g/mol. The predicted octanol–water partition coefficient (Wildman–Crippen LogP) is 3.42. The van der Waals surface area contributed by atoms with E-state index in [2.05, 4.69) is 20.6 Å².